The van der Waals surface area contributed by atoms with E-state index in [1.807, 2.05) is 19.1 Å². The van der Waals surface area contributed by atoms with Gasteiger partial charge >= 0.3 is 5.97 Å². The van der Waals surface area contributed by atoms with Gasteiger partial charge in [0.05, 0.1) is 18.8 Å². The molecule has 4 nitrogen and oxygen atoms in total. The van der Waals surface area contributed by atoms with Gasteiger partial charge in [0.25, 0.3) is 0 Å². The van der Waals surface area contributed by atoms with Crippen molar-refractivity contribution in [2.75, 3.05) is 13.2 Å². The van der Waals surface area contributed by atoms with Crippen molar-refractivity contribution in [2.24, 2.45) is 5.73 Å². The molecule has 1 aromatic rings. The van der Waals surface area contributed by atoms with Crippen molar-refractivity contribution in [3.8, 4) is 0 Å². The quantitative estimate of drug-likeness (QED) is 0.629. The van der Waals surface area contributed by atoms with Crippen LogP contribution in [0.15, 0.2) is 24.3 Å². The monoisotopic (exact) mass is 263 g/mol. The molecule has 0 spiro atoms. The zero-order valence-electron chi connectivity index (χ0n) is 11.3. The van der Waals surface area contributed by atoms with Crippen LogP contribution in [0.3, 0.4) is 0 Å². The van der Waals surface area contributed by atoms with Crippen molar-refractivity contribution >= 4 is 5.97 Å². The second-order valence-corrected chi connectivity index (χ2v) is 4.75. The highest BCUT2D eigenvalue weighted by atomic mass is 16.5. The average molecular weight is 263 g/mol. The van der Waals surface area contributed by atoms with Crippen molar-refractivity contribution in [3.63, 3.8) is 0 Å². The van der Waals surface area contributed by atoms with E-state index in [4.69, 9.17) is 15.2 Å². The summed E-state index contributed by atoms with van der Waals surface area (Å²) in [6.45, 7) is 2.79. The van der Waals surface area contributed by atoms with E-state index in [9.17, 15) is 4.79 Å². The fraction of sp³-hybridized carbons (Fsp3) is 0.533. The first-order valence-electron chi connectivity index (χ1n) is 6.83. The molecule has 0 saturated heterocycles. The van der Waals surface area contributed by atoms with Crippen LogP contribution in [0.5, 0.6) is 0 Å². The van der Waals surface area contributed by atoms with E-state index in [0.29, 0.717) is 26.1 Å². The predicted octanol–water partition coefficient (Wildman–Crippen LogP) is 1.97. The van der Waals surface area contributed by atoms with Gasteiger partial charge in [0.15, 0.2) is 0 Å². The highest BCUT2D eigenvalue weighted by molar-refractivity contribution is 5.69. The van der Waals surface area contributed by atoms with Gasteiger partial charge in [-0.1, -0.05) is 24.3 Å². The van der Waals surface area contributed by atoms with Gasteiger partial charge in [0, 0.05) is 19.4 Å². The fourth-order valence-corrected chi connectivity index (χ4v) is 2.44. The van der Waals surface area contributed by atoms with Crippen LogP contribution >= 0.6 is 0 Å². The summed E-state index contributed by atoms with van der Waals surface area (Å²) in [4.78, 5) is 11.2. The lowest BCUT2D eigenvalue weighted by Crippen LogP contribution is -2.25. The van der Waals surface area contributed by atoms with E-state index < -0.39 is 0 Å². The highest BCUT2D eigenvalue weighted by Crippen LogP contribution is 2.31. The molecule has 104 valence electrons. The van der Waals surface area contributed by atoms with Crippen molar-refractivity contribution in [2.45, 2.75) is 38.3 Å². The average Bonchev–Trinajstić information content (AvgIpc) is 2.73. The zero-order chi connectivity index (χ0) is 13.7. The van der Waals surface area contributed by atoms with Crippen molar-refractivity contribution < 1.29 is 14.3 Å². The number of rotatable bonds is 6. The first kappa shape index (κ1) is 14.0. The lowest BCUT2D eigenvalue weighted by atomic mass is 10.1. The van der Waals surface area contributed by atoms with Gasteiger partial charge < -0.3 is 15.2 Å². The molecule has 1 aromatic carbocycles. The van der Waals surface area contributed by atoms with E-state index in [1.54, 1.807) is 0 Å². The Kier molecular flexibility index (Phi) is 4.93. The molecule has 1 aliphatic rings. The van der Waals surface area contributed by atoms with Crippen molar-refractivity contribution in [1.82, 2.24) is 0 Å². The van der Waals surface area contributed by atoms with Gasteiger partial charge in [-0.25, -0.2) is 0 Å². The maximum absolute atomic E-state index is 11.2. The molecule has 0 aromatic heterocycles. The van der Waals surface area contributed by atoms with E-state index in [0.717, 1.165) is 6.42 Å². The number of ether oxygens (including phenoxy) is 2. The van der Waals surface area contributed by atoms with Crippen LogP contribution in [0.1, 0.15) is 36.9 Å². The van der Waals surface area contributed by atoms with Crippen LogP contribution in [-0.4, -0.2) is 25.3 Å². The van der Waals surface area contributed by atoms with Gasteiger partial charge in [-0.3, -0.25) is 4.79 Å². The van der Waals surface area contributed by atoms with Crippen LogP contribution in [0.4, 0.5) is 0 Å². The Balaban J connectivity index is 1.73. The maximum atomic E-state index is 11.2. The summed E-state index contributed by atoms with van der Waals surface area (Å²) >= 11 is 0. The lowest BCUT2D eigenvalue weighted by molar-refractivity contribution is -0.143. The highest BCUT2D eigenvalue weighted by Gasteiger charge is 2.29. The molecule has 2 rings (SSSR count). The van der Waals surface area contributed by atoms with Gasteiger partial charge in [0.1, 0.15) is 0 Å². The summed E-state index contributed by atoms with van der Waals surface area (Å²) in [6.07, 6.45) is 1.97. The number of carbonyl (C=O) groups excluding carboxylic acids is 1. The molecule has 0 aliphatic heterocycles. The predicted molar refractivity (Wildman–Crippen MR) is 72.7 cm³/mol. The molecule has 0 unspecified atom stereocenters. The van der Waals surface area contributed by atoms with E-state index in [1.165, 1.54) is 11.1 Å². The Labute approximate surface area is 113 Å². The summed E-state index contributed by atoms with van der Waals surface area (Å²) in [6, 6.07) is 8.12. The molecule has 0 radical (unpaired) electrons. The molecule has 2 N–H and O–H groups in total. The lowest BCUT2D eigenvalue weighted by Gasteiger charge is -2.16. The van der Waals surface area contributed by atoms with E-state index >= 15 is 0 Å². The second kappa shape index (κ2) is 6.68. The molecule has 0 saturated carbocycles. The Hall–Kier alpha value is -1.39. The number of esters is 1. The third-order valence-electron chi connectivity index (χ3n) is 3.40. The van der Waals surface area contributed by atoms with Gasteiger partial charge in [-0.2, -0.15) is 0 Å². The molecule has 0 amide bonds. The molecule has 4 heteroatoms. The molecule has 19 heavy (non-hydrogen) atoms. The minimum absolute atomic E-state index is 0.0274. The van der Waals surface area contributed by atoms with Crippen LogP contribution in [0, 0.1) is 0 Å². The molecule has 1 aliphatic carbocycles. The third kappa shape index (κ3) is 3.55. The normalized spacial score (nSPS) is 21.2. The first-order valence-corrected chi connectivity index (χ1v) is 6.83. The Morgan fingerprint density at radius 2 is 2.21 bits per heavy atom. The smallest absolute Gasteiger partial charge is 0.305 e. The molecule has 0 fully saturated rings. The molecule has 0 heterocycles. The van der Waals surface area contributed by atoms with Crippen LogP contribution in [0.2, 0.25) is 0 Å². The Bertz CT molecular complexity index is 433. The first-order chi connectivity index (χ1) is 9.22. The fourth-order valence-electron chi connectivity index (χ4n) is 2.44. The third-order valence-corrected chi connectivity index (χ3v) is 3.40. The van der Waals surface area contributed by atoms with Crippen molar-refractivity contribution in [1.29, 1.82) is 0 Å². The Morgan fingerprint density at radius 3 is 2.95 bits per heavy atom. The topological polar surface area (TPSA) is 61.5 Å². The molecular formula is C15H21NO3. The number of nitrogens with two attached hydrogens (primary N) is 1. The van der Waals surface area contributed by atoms with E-state index in [-0.39, 0.29) is 18.1 Å². The largest absolute Gasteiger partial charge is 0.466 e. The molecule has 2 atom stereocenters. The number of fused-ring (bicyclic) bond motifs is 1. The maximum Gasteiger partial charge on any atom is 0.305 e. The van der Waals surface area contributed by atoms with E-state index in [2.05, 4.69) is 12.1 Å². The number of hydrogen-bond donors (Lipinski definition) is 1. The summed E-state index contributed by atoms with van der Waals surface area (Å²) in [5.41, 5.74) is 8.61. The van der Waals surface area contributed by atoms with Crippen molar-refractivity contribution in [3.05, 3.63) is 35.4 Å². The summed E-state index contributed by atoms with van der Waals surface area (Å²) < 4.78 is 10.7. The van der Waals surface area contributed by atoms with Crippen LogP contribution in [-0.2, 0) is 20.7 Å². The number of hydrogen-bond acceptors (Lipinski definition) is 4. The zero-order valence-corrected chi connectivity index (χ0v) is 11.3. The standard InChI is InChI=1S/C15H21NO3/c1-2-18-14(17)8-5-9-19-13-10-11-6-3-4-7-12(11)15(13)16/h3-4,6-7,13,15H,2,5,8-10,16H2,1H3/t13-,15+/m1/s1. The van der Waals surface area contributed by atoms with Gasteiger partial charge in [-0.05, 0) is 24.5 Å². The number of benzene rings is 1. The van der Waals surface area contributed by atoms with Crippen LogP contribution < -0.4 is 5.73 Å². The Morgan fingerprint density at radius 1 is 1.42 bits per heavy atom. The number of carbonyl (C=O) groups is 1. The van der Waals surface area contributed by atoms with Gasteiger partial charge in [0.2, 0.25) is 0 Å². The minimum Gasteiger partial charge on any atom is -0.466 e. The molecule has 0 bridgehead atoms. The summed E-state index contributed by atoms with van der Waals surface area (Å²) in [5, 5.41) is 0. The van der Waals surface area contributed by atoms with Gasteiger partial charge in [-0.15, -0.1) is 0 Å². The summed E-state index contributed by atoms with van der Waals surface area (Å²) in [7, 11) is 0. The SMILES string of the molecule is CCOC(=O)CCCO[C@@H]1Cc2ccccc2[C@@H]1N. The molecular weight excluding hydrogens is 242 g/mol. The van der Waals surface area contributed by atoms with Crippen LogP contribution in [0.25, 0.3) is 0 Å². The second-order valence-electron chi connectivity index (χ2n) is 4.75. The minimum atomic E-state index is -0.162. The summed E-state index contributed by atoms with van der Waals surface area (Å²) in [5.74, 6) is -0.162.